The highest BCUT2D eigenvalue weighted by molar-refractivity contribution is 5.95. The first-order valence-corrected chi connectivity index (χ1v) is 7.37. The van der Waals surface area contributed by atoms with E-state index in [2.05, 4.69) is 5.32 Å². The average Bonchev–Trinajstić information content (AvgIpc) is 2.58. The summed E-state index contributed by atoms with van der Waals surface area (Å²) >= 11 is 0. The maximum Gasteiger partial charge on any atom is 0.265 e. The highest BCUT2D eigenvalue weighted by atomic mass is 19.2. The predicted octanol–water partition coefficient (Wildman–Crippen LogP) is 4.05. The lowest BCUT2D eigenvalue weighted by Crippen LogP contribution is -2.31. The van der Waals surface area contributed by atoms with Crippen molar-refractivity contribution in [2.24, 2.45) is 0 Å². The van der Waals surface area contributed by atoms with Crippen molar-refractivity contribution in [3.63, 3.8) is 0 Å². The van der Waals surface area contributed by atoms with E-state index < -0.39 is 41.0 Å². The fourth-order valence-corrected chi connectivity index (χ4v) is 1.97. The van der Waals surface area contributed by atoms with Gasteiger partial charge >= 0.3 is 0 Å². The number of carbonyl (C=O) groups is 1. The first kappa shape index (κ1) is 18.6. The molecule has 0 saturated heterocycles. The van der Waals surface area contributed by atoms with Gasteiger partial charge in [0.1, 0.15) is 5.75 Å². The number of anilines is 1. The Kier molecular flexibility index (Phi) is 5.84. The molecular weight excluding hydrogens is 342 g/mol. The molecule has 0 aromatic heterocycles. The summed E-state index contributed by atoms with van der Waals surface area (Å²) in [5.74, 6) is -8.36. The first-order chi connectivity index (χ1) is 11.8. The zero-order valence-corrected chi connectivity index (χ0v) is 13.4. The number of hydrogen-bond donors (Lipinski definition) is 1. The van der Waals surface area contributed by atoms with Crippen molar-refractivity contribution in [1.29, 1.82) is 0 Å². The highest BCUT2D eigenvalue weighted by Crippen LogP contribution is 2.28. The number of nitrogens with one attached hydrogen (secondary N) is 1. The molecular formula is C17H15F4NO3. The summed E-state index contributed by atoms with van der Waals surface area (Å²) in [5.41, 5.74) is 0.316. The molecule has 8 heteroatoms. The fraction of sp³-hybridized carbons (Fsp3) is 0.235. The smallest absolute Gasteiger partial charge is 0.265 e. The number of rotatable bonds is 6. The molecule has 1 amide bonds. The van der Waals surface area contributed by atoms with Crippen molar-refractivity contribution >= 4 is 11.6 Å². The second kappa shape index (κ2) is 7.87. The van der Waals surface area contributed by atoms with E-state index in [1.807, 2.05) is 0 Å². The van der Waals surface area contributed by atoms with Crippen LogP contribution in [0.1, 0.15) is 13.8 Å². The summed E-state index contributed by atoms with van der Waals surface area (Å²) in [5, 5.41) is 2.46. The lowest BCUT2D eigenvalue weighted by molar-refractivity contribution is -0.122. The molecule has 0 fully saturated rings. The Labute approximate surface area is 141 Å². The van der Waals surface area contributed by atoms with Gasteiger partial charge in [0, 0.05) is 6.07 Å². The maximum absolute atomic E-state index is 13.6. The molecule has 0 spiro atoms. The van der Waals surface area contributed by atoms with E-state index in [4.69, 9.17) is 9.47 Å². The van der Waals surface area contributed by atoms with Crippen LogP contribution in [0, 0.1) is 23.3 Å². The second-order valence-electron chi connectivity index (χ2n) is 4.98. The topological polar surface area (TPSA) is 47.6 Å². The van der Waals surface area contributed by atoms with Gasteiger partial charge in [-0.15, -0.1) is 0 Å². The van der Waals surface area contributed by atoms with Gasteiger partial charge in [-0.1, -0.05) is 12.1 Å². The van der Waals surface area contributed by atoms with Crippen molar-refractivity contribution in [2.75, 3.05) is 11.9 Å². The van der Waals surface area contributed by atoms with Crippen LogP contribution in [0.4, 0.5) is 23.2 Å². The Morgan fingerprint density at radius 2 is 1.72 bits per heavy atom. The van der Waals surface area contributed by atoms with Crippen LogP contribution in [-0.2, 0) is 4.79 Å². The van der Waals surface area contributed by atoms with Crippen LogP contribution in [0.3, 0.4) is 0 Å². The molecule has 4 nitrogen and oxygen atoms in total. The summed E-state index contributed by atoms with van der Waals surface area (Å²) in [6, 6.07) is 6.57. The fourth-order valence-electron chi connectivity index (χ4n) is 1.97. The van der Waals surface area contributed by atoms with Crippen molar-refractivity contribution in [3.8, 4) is 11.5 Å². The Balaban J connectivity index is 2.17. The Morgan fingerprint density at radius 3 is 2.32 bits per heavy atom. The van der Waals surface area contributed by atoms with Gasteiger partial charge in [-0.3, -0.25) is 4.79 Å². The minimum absolute atomic E-state index is 0.0561. The number of carbonyl (C=O) groups excluding carboxylic acids is 1. The zero-order valence-electron chi connectivity index (χ0n) is 13.4. The molecule has 0 bridgehead atoms. The molecule has 0 aliphatic carbocycles. The van der Waals surface area contributed by atoms with E-state index in [0.717, 1.165) is 0 Å². The van der Waals surface area contributed by atoms with Crippen molar-refractivity contribution in [3.05, 3.63) is 53.6 Å². The molecule has 0 radical (unpaired) electrons. The first-order valence-electron chi connectivity index (χ1n) is 7.37. The molecule has 0 aliphatic rings. The van der Waals surface area contributed by atoms with E-state index in [9.17, 15) is 22.4 Å². The zero-order chi connectivity index (χ0) is 18.6. The normalized spacial score (nSPS) is 11.8. The third kappa shape index (κ3) is 4.20. The number of halogens is 4. The largest absolute Gasteiger partial charge is 0.492 e. The third-order valence-corrected chi connectivity index (χ3v) is 3.18. The van der Waals surface area contributed by atoms with Crippen molar-refractivity contribution < 1.29 is 31.8 Å². The molecule has 0 unspecified atom stereocenters. The highest BCUT2D eigenvalue weighted by Gasteiger charge is 2.25. The van der Waals surface area contributed by atoms with E-state index in [1.54, 1.807) is 31.2 Å². The predicted molar refractivity (Wildman–Crippen MR) is 82.6 cm³/mol. The third-order valence-electron chi connectivity index (χ3n) is 3.18. The maximum atomic E-state index is 13.6. The van der Waals surface area contributed by atoms with E-state index >= 15 is 0 Å². The molecule has 2 rings (SSSR count). The molecule has 1 atom stereocenters. The molecule has 1 N–H and O–H groups in total. The molecule has 0 saturated carbocycles. The average molecular weight is 357 g/mol. The van der Waals surface area contributed by atoms with Crippen LogP contribution < -0.4 is 14.8 Å². The molecule has 134 valence electrons. The van der Waals surface area contributed by atoms with E-state index in [-0.39, 0.29) is 6.07 Å². The minimum Gasteiger partial charge on any atom is -0.492 e. The lowest BCUT2D eigenvalue weighted by Gasteiger charge is -2.17. The summed E-state index contributed by atoms with van der Waals surface area (Å²) in [6.07, 6.45) is -1.43. The number of para-hydroxylation sites is 2. The minimum atomic E-state index is -1.71. The summed E-state index contributed by atoms with van der Waals surface area (Å²) in [4.78, 5) is 12.1. The van der Waals surface area contributed by atoms with Gasteiger partial charge in [0.2, 0.25) is 11.6 Å². The van der Waals surface area contributed by atoms with Gasteiger partial charge in [0.25, 0.3) is 5.91 Å². The van der Waals surface area contributed by atoms with Crippen LogP contribution in [0.5, 0.6) is 11.5 Å². The standard InChI is InChI=1S/C17H15F4NO3/c1-3-24-13-7-5-4-6-12(13)22-17(23)9(2)25-16-14(20)10(18)8-11(19)15(16)21/h4-9H,3H2,1-2H3,(H,22,23)/t9-/m0/s1. The monoisotopic (exact) mass is 357 g/mol. The second-order valence-corrected chi connectivity index (χ2v) is 4.98. The van der Waals surface area contributed by atoms with Crippen LogP contribution in [0.15, 0.2) is 30.3 Å². The Morgan fingerprint density at radius 1 is 1.12 bits per heavy atom. The van der Waals surface area contributed by atoms with E-state index in [1.165, 1.54) is 6.92 Å². The quantitative estimate of drug-likeness (QED) is 0.627. The van der Waals surface area contributed by atoms with Crippen LogP contribution >= 0.6 is 0 Å². The van der Waals surface area contributed by atoms with Gasteiger partial charge in [-0.2, -0.15) is 8.78 Å². The number of hydrogen-bond acceptors (Lipinski definition) is 3. The Bertz CT molecular complexity index is 756. The summed E-state index contributed by atoms with van der Waals surface area (Å²) < 4.78 is 63.7. The van der Waals surface area contributed by atoms with Crippen LogP contribution in [0.2, 0.25) is 0 Å². The van der Waals surface area contributed by atoms with Crippen LogP contribution in [0.25, 0.3) is 0 Å². The van der Waals surface area contributed by atoms with Gasteiger partial charge in [0.05, 0.1) is 12.3 Å². The summed E-state index contributed by atoms with van der Waals surface area (Å²) in [7, 11) is 0. The Hall–Kier alpha value is -2.77. The van der Waals surface area contributed by atoms with Crippen molar-refractivity contribution in [1.82, 2.24) is 0 Å². The van der Waals surface area contributed by atoms with Crippen molar-refractivity contribution in [2.45, 2.75) is 20.0 Å². The van der Waals surface area contributed by atoms with Gasteiger partial charge in [-0.05, 0) is 26.0 Å². The van der Waals surface area contributed by atoms with Gasteiger partial charge in [-0.25, -0.2) is 8.78 Å². The lowest BCUT2D eigenvalue weighted by atomic mass is 10.2. The van der Waals surface area contributed by atoms with E-state index in [0.29, 0.717) is 18.0 Å². The molecule has 2 aromatic rings. The molecule has 2 aromatic carbocycles. The number of ether oxygens (including phenoxy) is 2. The van der Waals surface area contributed by atoms with Gasteiger partial charge < -0.3 is 14.8 Å². The summed E-state index contributed by atoms with van der Waals surface area (Å²) in [6.45, 7) is 3.30. The molecule has 25 heavy (non-hydrogen) atoms. The van der Waals surface area contributed by atoms with Gasteiger partial charge in [0.15, 0.2) is 23.5 Å². The molecule has 0 aliphatic heterocycles. The number of amides is 1. The van der Waals surface area contributed by atoms with Crippen LogP contribution in [-0.4, -0.2) is 18.6 Å². The molecule has 0 heterocycles. The SMILES string of the molecule is CCOc1ccccc1NC(=O)[C@H](C)Oc1c(F)c(F)cc(F)c1F. The number of benzene rings is 2.